The summed E-state index contributed by atoms with van der Waals surface area (Å²) in [5.74, 6) is 1.63. The van der Waals surface area contributed by atoms with Gasteiger partial charge in [-0.2, -0.15) is 0 Å². The van der Waals surface area contributed by atoms with Crippen molar-refractivity contribution in [3.8, 4) is 11.5 Å². The molecule has 1 saturated heterocycles. The number of amides is 1. The minimum absolute atomic E-state index is 0.0101. The summed E-state index contributed by atoms with van der Waals surface area (Å²) in [5, 5.41) is 3.62. The maximum atomic E-state index is 12.7. The van der Waals surface area contributed by atoms with Crippen molar-refractivity contribution >= 4 is 23.2 Å². The van der Waals surface area contributed by atoms with E-state index < -0.39 is 0 Å². The molecule has 1 fully saturated rings. The van der Waals surface area contributed by atoms with Crippen molar-refractivity contribution in [2.75, 3.05) is 32.6 Å². The fourth-order valence-electron chi connectivity index (χ4n) is 3.74. The van der Waals surface area contributed by atoms with Crippen LogP contribution >= 0.6 is 11.6 Å². The molecule has 2 N–H and O–H groups in total. The lowest BCUT2D eigenvalue weighted by molar-refractivity contribution is -0.910. The molecule has 0 saturated carbocycles. The van der Waals surface area contributed by atoms with Crippen molar-refractivity contribution < 1.29 is 19.2 Å². The molecule has 1 heterocycles. The molecule has 0 spiro atoms. The highest BCUT2D eigenvalue weighted by molar-refractivity contribution is 6.31. The zero-order valence-electron chi connectivity index (χ0n) is 16.0. The molecule has 1 aliphatic rings. The van der Waals surface area contributed by atoms with E-state index in [1.165, 1.54) is 4.90 Å². The molecule has 0 bridgehead atoms. The van der Waals surface area contributed by atoms with Crippen LogP contribution in [0.25, 0.3) is 0 Å². The molecule has 2 aromatic rings. The van der Waals surface area contributed by atoms with Crippen LogP contribution in [0.4, 0.5) is 5.69 Å². The topological polar surface area (TPSA) is 52.0 Å². The molecule has 0 aliphatic carbocycles. The second-order valence-electron chi connectivity index (χ2n) is 6.90. The number of aryl methyl sites for hydroxylation is 1. The average molecular weight is 390 g/mol. The van der Waals surface area contributed by atoms with E-state index in [4.69, 9.17) is 21.1 Å². The molecular formula is C21H26ClN2O3+. The Kier molecular flexibility index (Phi) is 6.24. The zero-order chi connectivity index (χ0) is 19.4. The van der Waals surface area contributed by atoms with E-state index in [0.717, 1.165) is 47.7 Å². The van der Waals surface area contributed by atoms with Crippen LogP contribution < -0.4 is 19.7 Å². The second-order valence-corrected chi connectivity index (χ2v) is 7.33. The SMILES string of the molecule is COc1ccc(OC)c([C@@H]2CCC[NH+]2CC(=O)Nc2cc(Cl)ccc2C)c1. The van der Waals surface area contributed by atoms with Crippen molar-refractivity contribution in [3.63, 3.8) is 0 Å². The smallest absolute Gasteiger partial charge is 0.279 e. The monoisotopic (exact) mass is 389 g/mol. The van der Waals surface area contributed by atoms with Gasteiger partial charge in [0.15, 0.2) is 6.54 Å². The van der Waals surface area contributed by atoms with Gasteiger partial charge < -0.3 is 19.7 Å². The minimum atomic E-state index is -0.0101. The van der Waals surface area contributed by atoms with Crippen LogP contribution in [-0.4, -0.2) is 33.2 Å². The first-order valence-electron chi connectivity index (χ1n) is 9.14. The van der Waals surface area contributed by atoms with Gasteiger partial charge in [0.2, 0.25) is 0 Å². The van der Waals surface area contributed by atoms with Crippen molar-refractivity contribution in [2.45, 2.75) is 25.8 Å². The van der Waals surface area contributed by atoms with Crippen molar-refractivity contribution in [1.29, 1.82) is 0 Å². The highest BCUT2D eigenvalue weighted by atomic mass is 35.5. The predicted octanol–water partition coefficient (Wildman–Crippen LogP) is 3.02. The molecular weight excluding hydrogens is 364 g/mol. The standard InChI is InChI=1S/C21H25ClN2O3/c1-14-6-7-15(22)11-18(14)23-21(25)13-24-10-4-5-19(24)17-12-16(26-2)8-9-20(17)27-3/h6-9,11-12,19H,4-5,10,13H2,1-3H3,(H,23,25)/p+1/t19-/m0/s1. The number of carbonyl (C=O) groups excluding carboxylic acids is 1. The van der Waals surface area contributed by atoms with Crippen LogP contribution in [0.15, 0.2) is 36.4 Å². The fourth-order valence-corrected chi connectivity index (χ4v) is 3.91. The summed E-state index contributed by atoms with van der Waals surface area (Å²) in [7, 11) is 3.33. The molecule has 5 nitrogen and oxygen atoms in total. The third-order valence-corrected chi connectivity index (χ3v) is 5.39. The van der Waals surface area contributed by atoms with Gasteiger partial charge in [-0.05, 0) is 42.8 Å². The van der Waals surface area contributed by atoms with Gasteiger partial charge in [-0.3, -0.25) is 4.79 Å². The van der Waals surface area contributed by atoms with Crippen LogP contribution in [0.2, 0.25) is 5.02 Å². The Morgan fingerprint density at radius 2 is 2.04 bits per heavy atom. The molecule has 2 aromatic carbocycles. The highest BCUT2D eigenvalue weighted by Gasteiger charge is 2.34. The van der Waals surface area contributed by atoms with E-state index in [1.54, 1.807) is 20.3 Å². The number of ether oxygens (including phenoxy) is 2. The number of rotatable bonds is 6. The summed E-state index contributed by atoms with van der Waals surface area (Å²) in [6.45, 7) is 3.31. The van der Waals surface area contributed by atoms with Gasteiger partial charge >= 0.3 is 0 Å². The van der Waals surface area contributed by atoms with Crippen LogP contribution in [0.5, 0.6) is 11.5 Å². The maximum Gasteiger partial charge on any atom is 0.279 e. The van der Waals surface area contributed by atoms with Gasteiger partial charge in [0, 0.05) is 23.6 Å². The number of likely N-dealkylation sites (tertiary alicyclic amines) is 1. The summed E-state index contributed by atoms with van der Waals surface area (Å²) >= 11 is 6.05. The maximum absolute atomic E-state index is 12.7. The van der Waals surface area contributed by atoms with Crippen molar-refractivity contribution in [1.82, 2.24) is 0 Å². The molecule has 0 radical (unpaired) electrons. The summed E-state index contributed by atoms with van der Waals surface area (Å²) in [4.78, 5) is 13.9. The lowest BCUT2D eigenvalue weighted by atomic mass is 10.0. The lowest BCUT2D eigenvalue weighted by Gasteiger charge is -2.23. The zero-order valence-corrected chi connectivity index (χ0v) is 16.7. The second kappa shape index (κ2) is 8.63. The minimum Gasteiger partial charge on any atom is -0.497 e. The highest BCUT2D eigenvalue weighted by Crippen LogP contribution is 2.31. The van der Waals surface area contributed by atoms with Gasteiger partial charge in [-0.1, -0.05) is 17.7 Å². The summed E-state index contributed by atoms with van der Waals surface area (Å²) in [6.07, 6.45) is 2.09. The Hall–Kier alpha value is -2.24. The van der Waals surface area contributed by atoms with Crippen molar-refractivity contribution in [2.24, 2.45) is 0 Å². The Bertz CT molecular complexity index is 825. The van der Waals surface area contributed by atoms with Crippen LogP contribution in [-0.2, 0) is 4.79 Å². The van der Waals surface area contributed by atoms with Gasteiger partial charge in [-0.15, -0.1) is 0 Å². The Balaban J connectivity index is 1.75. The number of anilines is 1. The molecule has 1 unspecified atom stereocenters. The first kappa shape index (κ1) is 19.5. The first-order chi connectivity index (χ1) is 13.0. The Labute approximate surface area is 165 Å². The Morgan fingerprint density at radius 3 is 2.78 bits per heavy atom. The van der Waals surface area contributed by atoms with E-state index in [-0.39, 0.29) is 11.9 Å². The third-order valence-electron chi connectivity index (χ3n) is 5.16. The quantitative estimate of drug-likeness (QED) is 0.798. The van der Waals surface area contributed by atoms with E-state index in [0.29, 0.717) is 11.6 Å². The number of benzene rings is 2. The van der Waals surface area contributed by atoms with E-state index in [2.05, 4.69) is 5.32 Å². The number of quaternary nitrogens is 1. The van der Waals surface area contributed by atoms with E-state index >= 15 is 0 Å². The predicted molar refractivity (Wildman–Crippen MR) is 107 cm³/mol. The van der Waals surface area contributed by atoms with Crippen LogP contribution in [0.1, 0.15) is 30.0 Å². The molecule has 1 aliphatic heterocycles. The number of hydrogen-bond donors (Lipinski definition) is 2. The third kappa shape index (κ3) is 4.54. The van der Waals surface area contributed by atoms with Gasteiger partial charge in [0.05, 0.1) is 26.3 Å². The molecule has 6 heteroatoms. The fraction of sp³-hybridized carbons (Fsp3) is 0.381. The lowest BCUT2D eigenvalue weighted by Crippen LogP contribution is -3.11. The largest absolute Gasteiger partial charge is 0.497 e. The molecule has 2 atom stereocenters. The average Bonchev–Trinajstić information content (AvgIpc) is 3.11. The number of halogens is 1. The molecule has 144 valence electrons. The number of methoxy groups -OCH3 is 2. The van der Waals surface area contributed by atoms with Crippen LogP contribution in [0, 0.1) is 6.92 Å². The number of nitrogens with one attached hydrogen (secondary N) is 2. The van der Waals surface area contributed by atoms with Crippen molar-refractivity contribution in [3.05, 3.63) is 52.5 Å². The number of hydrogen-bond acceptors (Lipinski definition) is 3. The molecule has 0 aromatic heterocycles. The van der Waals surface area contributed by atoms with E-state index in [9.17, 15) is 4.79 Å². The summed E-state index contributed by atoms with van der Waals surface area (Å²) in [5.41, 5.74) is 2.85. The van der Waals surface area contributed by atoms with Crippen LogP contribution in [0.3, 0.4) is 0 Å². The van der Waals surface area contributed by atoms with E-state index in [1.807, 2.05) is 37.3 Å². The molecule has 1 amide bonds. The van der Waals surface area contributed by atoms with Gasteiger partial charge in [0.25, 0.3) is 5.91 Å². The summed E-state index contributed by atoms with van der Waals surface area (Å²) < 4.78 is 10.9. The molecule has 3 rings (SSSR count). The Morgan fingerprint density at radius 1 is 1.22 bits per heavy atom. The normalized spacial score (nSPS) is 19.0. The summed E-state index contributed by atoms with van der Waals surface area (Å²) in [6, 6.07) is 11.6. The molecule has 27 heavy (non-hydrogen) atoms. The first-order valence-corrected chi connectivity index (χ1v) is 9.52. The van der Waals surface area contributed by atoms with Gasteiger partial charge in [-0.25, -0.2) is 0 Å². The number of carbonyl (C=O) groups is 1. The van der Waals surface area contributed by atoms with Gasteiger partial charge in [0.1, 0.15) is 17.5 Å².